The predicted octanol–water partition coefficient (Wildman–Crippen LogP) is 4.07. The average Bonchev–Trinajstić information content (AvgIpc) is 3.37. The van der Waals surface area contributed by atoms with Gasteiger partial charge in [0.05, 0.1) is 24.0 Å². The molecule has 27 heavy (non-hydrogen) atoms. The Morgan fingerprint density at radius 3 is 2.59 bits per heavy atom. The molecule has 0 spiro atoms. The second-order valence-electron chi connectivity index (χ2n) is 6.52. The van der Waals surface area contributed by atoms with E-state index in [2.05, 4.69) is 10.2 Å². The number of rotatable bonds is 4. The predicted molar refractivity (Wildman–Crippen MR) is 103 cm³/mol. The fourth-order valence-corrected chi connectivity index (χ4v) is 3.39. The van der Waals surface area contributed by atoms with Gasteiger partial charge in [-0.1, -0.05) is 18.2 Å². The summed E-state index contributed by atoms with van der Waals surface area (Å²) in [5.41, 5.74) is 2.51. The van der Waals surface area contributed by atoms with E-state index in [1.54, 1.807) is 18.2 Å². The van der Waals surface area contributed by atoms with Crippen LogP contribution in [0.1, 0.15) is 33.8 Å². The van der Waals surface area contributed by atoms with E-state index >= 15 is 0 Å². The van der Waals surface area contributed by atoms with E-state index in [1.165, 1.54) is 7.11 Å². The number of furan rings is 1. The van der Waals surface area contributed by atoms with Crippen molar-refractivity contribution in [2.45, 2.75) is 12.8 Å². The minimum atomic E-state index is -0.442. The van der Waals surface area contributed by atoms with Gasteiger partial charge in [0.2, 0.25) is 0 Å². The summed E-state index contributed by atoms with van der Waals surface area (Å²) in [5.74, 6) is -0.567. The van der Waals surface area contributed by atoms with Crippen molar-refractivity contribution >= 4 is 34.2 Å². The Kier molecular flexibility index (Phi) is 4.54. The van der Waals surface area contributed by atoms with Crippen LogP contribution in [-0.2, 0) is 4.74 Å². The summed E-state index contributed by atoms with van der Waals surface area (Å²) in [4.78, 5) is 26.9. The van der Waals surface area contributed by atoms with Crippen molar-refractivity contribution in [3.05, 3.63) is 59.9 Å². The van der Waals surface area contributed by atoms with Crippen LogP contribution in [0, 0.1) is 0 Å². The molecule has 1 aromatic heterocycles. The molecule has 3 aromatic rings. The summed E-state index contributed by atoms with van der Waals surface area (Å²) in [5, 5.41) is 3.77. The Morgan fingerprint density at radius 2 is 1.85 bits per heavy atom. The third-order valence-electron chi connectivity index (χ3n) is 4.76. The van der Waals surface area contributed by atoms with Gasteiger partial charge in [0.15, 0.2) is 5.76 Å². The zero-order chi connectivity index (χ0) is 18.8. The molecule has 2 aromatic carbocycles. The highest BCUT2D eigenvalue weighted by molar-refractivity contribution is 6.07. The van der Waals surface area contributed by atoms with E-state index in [4.69, 9.17) is 9.15 Å². The summed E-state index contributed by atoms with van der Waals surface area (Å²) < 4.78 is 10.5. The van der Waals surface area contributed by atoms with E-state index in [0.717, 1.165) is 37.0 Å². The lowest BCUT2D eigenvalue weighted by Crippen LogP contribution is -2.21. The number of carbonyl (C=O) groups is 2. The van der Waals surface area contributed by atoms with Crippen LogP contribution in [-0.4, -0.2) is 32.1 Å². The average molecular weight is 364 g/mol. The Labute approximate surface area is 156 Å². The van der Waals surface area contributed by atoms with E-state index < -0.39 is 5.97 Å². The molecule has 0 bridgehead atoms. The second-order valence-corrected chi connectivity index (χ2v) is 6.52. The fraction of sp³-hybridized carbons (Fsp3) is 0.238. The molecular weight excluding hydrogens is 344 g/mol. The molecule has 0 aliphatic carbocycles. The van der Waals surface area contributed by atoms with E-state index in [9.17, 15) is 9.59 Å². The molecule has 138 valence electrons. The third kappa shape index (κ3) is 3.38. The van der Waals surface area contributed by atoms with Gasteiger partial charge in [-0.25, -0.2) is 4.79 Å². The number of benzene rings is 2. The molecule has 1 aliphatic rings. The number of hydrogen-bond donors (Lipinski definition) is 1. The lowest BCUT2D eigenvalue weighted by Gasteiger charge is -2.22. The number of methoxy groups -OCH3 is 1. The van der Waals surface area contributed by atoms with Crippen LogP contribution in [0.3, 0.4) is 0 Å². The molecule has 1 fully saturated rings. The summed E-state index contributed by atoms with van der Waals surface area (Å²) >= 11 is 0. The number of esters is 1. The van der Waals surface area contributed by atoms with Gasteiger partial charge in [0, 0.05) is 18.5 Å². The Balaban J connectivity index is 1.67. The first-order valence-electron chi connectivity index (χ1n) is 8.93. The first-order valence-corrected chi connectivity index (χ1v) is 8.93. The van der Waals surface area contributed by atoms with Gasteiger partial charge in [0.1, 0.15) is 5.58 Å². The molecule has 1 amide bonds. The molecule has 1 aliphatic heterocycles. The maximum Gasteiger partial charge on any atom is 0.337 e. The van der Waals surface area contributed by atoms with Gasteiger partial charge in [-0.3, -0.25) is 4.79 Å². The molecule has 0 saturated carbocycles. The highest BCUT2D eigenvalue weighted by atomic mass is 16.5. The van der Waals surface area contributed by atoms with Gasteiger partial charge in [-0.2, -0.15) is 0 Å². The number of para-hydroxylation sites is 1. The molecule has 2 heterocycles. The summed E-state index contributed by atoms with van der Waals surface area (Å²) in [6, 6.07) is 14.4. The normalized spacial score (nSPS) is 13.7. The zero-order valence-electron chi connectivity index (χ0n) is 15.0. The minimum absolute atomic E-state index is 0.229. The Hall–Kier alpha value is -3.28. The van der Waals surface area contributed by atoms with Crippen molar-refractivity contribution in [1.82, 2.24) is 0 Å². The maximum absolute atomic E-state index is 12.8. The third-order valence-corrected chi connectivity index (χ3v) is 4.76. The minimum Gasteiger partial charge on any atom is -0.465 e. The smallest absolute Gasteiger partial charge is 0.337 e. The van der Waals surface area contributed by atoms with Crippen molar-refractivity contribution in [3.8, 4) is 0 Å². The number of hydrogen-bond acceptors (Lipinski definition) is 5. The van der Waals surface area contributed by atoms with E-state index in [-0.39, 0.29) is 11.7 Å². The number of nitrogens with zero attached hydrogens (tertiary/aromatic N) is 1. The lowest BCUT2D eigenvalue weighted by molar-refractivity contribution is 0.0600. The van der Waals surface area contributed by atoms with Gasteiger partial charge >= 0.3 is 5.97 Å². The lowest BCUT2D eigenvalue weighted by atomic mass is 10.1. The quantitative estimate of drug-likeness (QED) is 0.707. The highest BCUT2D eigenvalue weighted by Gasteiger charge is 2.20. The number of amides is 1. The summed E-state index contributed by atoms with van der Waals surface area (Å²) in [7, 11) is 1.34. The van der Waals surface area contributed by atoms with Crippen LogP contribution in [0.5, 0.6) is 0 Å². The second kappa shape index (κ2) is 7.15. The molecule has 1 N–H and O–H groups in total. The molecule has 6 heteroatoms. The molecule has 0 unspecified atom stereocenters. The molecular formula is C21H20N2O4. The van der Waals surface area contributed by atoms with Crippen LogP contribution in [0.25, 0.3) is 11.0 Å². The largest absolute Gasteiger partial charge is 0.465 e. The maximum atomic E-state index is 12.8. The topological polar surface area (TPSA) is 71.8 Å². The van der Waals surface area contributed by atoms with E-state index in [0.29, 0.717) is 16.8 Å². The number of fused-ring (bicyclic) bond motifs is 1. The SMILES string of the molecule is COC(=O)c1ccc(N2CCCC2)c(NC(=O)c2cc3ccccc3o2)c1. The standard InChI is InChI=1S/C21H20N2O4/c1-26-21(25)15-8-9-17(23-10-4-5-11-23)16(12-15)22-20(24)19-13-14-6-2-3-7-18(14)27-19/h2-3,6-9,12-13H,4-5,10-11H2,1H3,(H,22,24). The van der Waals surface area contributed by atoms with Gasteiger partial charge in [-0.15, -0.1) is 0 Å². The first-order chi connectivity index (χ1) is 13.2. The van der Waals surface area contributed by atoms with Gasteiger partial charge in [-0.05, 0) is 43.2 Å². The number of nitrogens with one attached hydrogen (secondary N) is 1. The van der Waals surface area contributed by atoms with Crippen LogP contribution < -0.4 is 10.2 Å². The van der Waals surface area contributed by atoms with Gasteiger partial charge in [0.25, 0.3) is 5.91 Å². The molecule has 4 rings (SSSR count). The van der Waals surface area contributed by atoms with Crippen molar-refractivity contribution in [2.75, 3.05) is 30.4 Å². The molecule has 1 saturated heterocycles. The summed E-state index contributed by atoms with van der Waals surface area (Å²) in [6.07, 6.45) is 2.21. The molecule has 0 radical (unpaired) electrons. The van der Waals surface area contributed by atoms with Crippen LogP contribution in [0.2, 0.25) is 0 Å². The van der Waals surface area contributed by atoms with Crippen molar-refractivity contribution in [2.24, 2.45) is 0 Å². The van der Waals surface area contributed by atoms with Gasteiger partial charge < -0.3 is 19.4 Å². The van der Waals surface area contributed by atoms with Crippen molar-refractivity contribution in [3.63, 3.8) is 0 Å². The Morgan fingerprint density at radius 1 is 1.07 bits per heavy atom. The first kappa shape index (κ1) is 17.1. The summed E-state index contributed by atoms with van der Waals surface area (Å²) in [6.45, 7) is 1.84. The van der Waals surface area contributed by atoms with Crippen LogP contribution >= 0.6 is 0 Å². The number of ether oxygens (including phenoxy) is 1. The van der Waals surface area contributed by atoms with Crippen molar-refractivity contribution < 1.29 is 18.7 Å². The highest BCUT2D eigenvalue weighted by Crippen LogP contribution is 2.31. The fourth-order valence-electron chi connectivity index (χ4n) is 3.39. The van der Waals surface area contributed by atoms with Crippen molar-refractivity contribution in [1.29, 1.82) is 0 Å². The molecule has 0 atom stereocenters. The number of carbonyl (C=O) groups excluding carboxylic acids is 2. The Bertz CT molecular complexity index is 969. The number of anilines is 2. The molecule has 6 nitrogen and oxygen atoms in total. The van der Waals surface area contributed by atoms with E-state index in [1.807, 2.05) is 30.3 Å². The zero-order valence-corrected chi connectivity index (χ0v) is 15.0. The van der Waals surface area contributed by atoms with Crippen LogP contribution in [0.15, 0.2) is 52.9 Å². The monoisotopic (exact) mass is 364 g/mol. The van der Waals surface area contributed by atoms with Crippen LogP contribution in [0.4, 0.5) is 11.4 Å².